The zero-order valence-corrected chi connectivity index (χ0v) is 12.0. The smallest absolute Gasteiger partial charge is 0.237 e. The van der Waals surface area contributed by atoms with E-state index in [1.807, 2.05) is 11.0 Å². The van der Waals surface area contributed by atoms with Crippen LogP contribution in [-0.2, 0) is 16.1 Å². The summed E-state index contributed by atoms with van der Waals surface area (Å²) in [5.74, 6) is 0.741. The quantitative estimate of drug-likeness (QED) is 0.806. The fraction of sp³-hybridized carbons (Fsp3) is 0.600. The molecule has 0 radical (unpaired) electrons. The molecular formula is C15H21N3O3. The van der Waals surface area contributed by atoms with Crippen LogP contribution >= 0.6 is 0 Å². The zero-order chi connectivity index (χ0) is 14.7. The van der Waals surface area contributed by atoms with Gasteiger partial charge >= 0.3 is 0 Å². The summed E-state index contributed by atoms with van der Waals surface area (Å²) in [5, 5.41) is 5.84. The number of hydrogen-bond acceptors (Lipinski definition) is 4. The van der Waals surface area contributed by atoms with Crippen molar-refractivity contribution >= 4 is 11.8 Å². The van der Waals surface area contributed by atoms with Crippen molar-refractivity contribution in [2.24, 2.45) is 0 Å². The van der Waals surface area contributed by atoms with Gasteiger partial charge in [0, 0.05) is 6.04 Å². The third-order valence-electron chi connectivity index (χ3n) is 3.97. The maximum atomic E-state index is 12.2. The van der Waals surface area contributed by atoms with Crippen molar-refractivity contribution in [2.75, 3.05) is 13.1 Å². The lowest BCUT2D eigenvalue weighted by Crippen LogP contribution is -2.47. The molecule has 1 aromatic rings. The average molecular weight is 291 g/mol. The maximum Gasteiger partial charge on any atom is 0.237 e. The molecule has 3 rings (SSSR count). The Morgan fingerprint density at radius 2 is 2.19 bits per heavy atom. The van der Waals surface area contributed by atoms with Crippen molar-refractivity contribution in [1.82, 2.24) is 15.5 Å². The third kappa shape index (κ3) is 3.85. The molecule has 2 fully saturated rings. The Morgan fingerprint density at radius 3 is 2.90 bits per heavy atom. The van der Waals surface area contributed by atoms with Crippen molar-refractivity contribution in [2.45, 2.75) is 44.3 Å². The summed E-state index contributed by atoms with van der Waals surface area (Å²) in [4.78, 5) is 26.1. The molecule has 1 aliphatic carbocycles. The molecule has 0 bridgehead atoms. The van der Waals surface area contributed by atoms with Crippen LogP contribution in [0.4, 0.5) is 0 Å². The number of carbonyl (C=O) groups excluding carboxylic acids is 2. The van der Waals surface area contributed by atoms with Crippen LogP contribution in [0.25, 0.3) is 0 Å². The van der Waals surface area contributed by atoms with E-state index in [2.05, 4.69) is 10.6 Å². The van der Waals surface area contributed by atoms with E-state index in [9.17, 15) is 9.59 Å². The number of nitrogens with zero attached hydrogens (tertiary/aromatic N) is 1. The summed E-state index contributed by atoms with van der Waals surface area (Å²) >= 11 is 0. The maximum absolute atomic E-state index is 12.2. The molecule has 0 spiro atoms. The number of carbonyl (C=O) groups is 2. The number of likely N-dealkylation sites (tertiary alicyclic amines) is 1. The lowest BCUT2D eigenvalue weighted by molar-refractivity contribution is -0.127. The highest BCUT2D eigenvalue weighted by Gasteiger charge is 2.33. The van der Waals surface area contributed by atoms with Crippen LogP contribution in [0.3, 0.4) is 0 Å². The number of furan rings is 1. The number of amides is 2. The van der Waals surface area contributed by atoms with Crippen LogP contribution in [-0.4, -0.2) is 41.9 Å². The van der Waals surface area contributed by atoms with Gasteiger partial charge < -0.3 is 15.1 Å². The van der Waals surface area contributed by atoms with Gasteiger partial charge in [-0.1, -0.05) is 0 Å². The average Bonchev–Trinajstić information content (AvgIpc) is 2.94. The van der Waals surface area contributed by atoms with Gasteiger partial charge in [-0.2, -0.15) is 0 Å². The molecule has 1 atom stereocenters. The molecule has 1 saturated carbocycles. The van der Waals surface area contributed by atoms with Crippen LogP contribution in [0.2, 0.25) is 0 Å². The molecule has 2 N–H and O–H groups in total. The van der Waals surface area contributed by atoms with Gasteiger partial charge in [-0.25, -0.2) is 0 Å². The molecule has 6 nitrogen and oxygen atoms in total. The van der Waals surface area contributed by atoms with Crippen LogP contribution < -0.4 is 10.6 Å². The van der Waals surface area contributed by atoms with E-state index in [-0.39, 0.29) is 17.9 Å². The normalized spacial score (nSPS) is 22.2. The summed E-state index contributed by atoms with van der Waals surface area (Å²) in [6, 6.07) is 3.79. The highest BCUT2D eigenvalue weighted by molar-refractivity contribution is 5.84. The molecule has 1 saturated heterocycles. The molecule has 2 aliphatic rings. The van der Waals surface area contributed by atoms with Crippen LogP contribution in [0.1, 0.15) is 31.4 Å². The van der Waals surface area contributed by atoms with Crippen molar-refractivity contribution < 1.29 is 14.0 Å². The molecule has 21 heavy (non-hydrogen) atoms. The second kappa shape index (κ2) is 6.30. The van der Waals surface area contributed by atoms with E-state index in [0.717, 1.165) is 38.0 Å². The van der Waals surface area contributed by atoms with Crippen molar-refractivity contribution in [1.29, 1.82) is 0 Å². The van der Waals surface area contributed by atoms with Gasteiger partial charge in [0.25, 0.3) is 0 Å². The Balaban J connectivity index is 1.47. The second-order valence-electron chi connectivity index (χ2n) is 5.77. The van der Waals surface area contributed by atoms with Gasteiger partial charge in [0.15, 0.2) is 0 Å². The van der Waals surface area contributed by atoms with E-state index in [0.29, 0.717) is 19.1 Å². The summed E-state index contributed by atoms with van der Waals surface area (Å²) in [6.07, 6.45) is 5.51. The van der Waals surface area contributed by atoms with Crippen LogP contribution in [0.5, 0.6) is 0 Å². The van der Waals surface area contributed by atoms with E-state index < -0.39 is 0 Å². The molecule has 6 heteroatoms. The Labute approximate surface area is 123 Å². The fourth-order valence-corrected chi connectivity index (χ4v) is 2.70. The molecule has 1 aromatic heterocycles. The van der Waals surface area contributed by atoms with Gasteiger partial charge in [-0.3, -0.25) is 14.5 Å². The minimum absolute atomic E-state index is 0.0249. The van der Waals surface area contributed by atoms with Crippen molar-refractivity contribution in [3.05, 3.63) is 24.2 Å². The third-order valence-corrected chi connectivity index (χ3v) is 3.97. The lowest BCUT2D eigenvalue weighted by atomic mass is 10.2. The molecule has 1 unspecified atom stereocenters. The first-order valence-corrected chi connectivity index (χ1v) is 7.56. The minimum Gasteiger partial charge on any atom is -0.467 e. The second-order valence-corrected chi connectivity index (χ2v) is 5.77. The molecule has 114 valence electrons. The SMILES string of the molecule is O=C(CN1CCCC1C(=O)NCc1ccco1)NC1CC1. The largest absolute Gasteiger partial charge is 0.467 e. The number of nitrogens with one attached hydrogen (secondary N) is 2. The van der Waals surface area contributed by atoms with E-state index in [4.69, 9.17) is 4.42 Å². The van der Waals surface area contributed by atoms with Crippen LogP contribution in [0, 0.1) is 0 Å². The van der Waals surface area contributed by atoms with Crippen molar-refractivity contribution in [3.8, 4) is 0 Å². The van der Waals surface area contributed by atoms with Gasteiger partial charge in [-0.15, -0.1) is 0 Å². The predicted octanol–water partition coefficient (Wildman–Crippen LogP) is 0.639. The Hall–Kier alpha value is -1.82. The first kappa shape index (κ1) is 14.1. The van der Waals surface area contributed by atoms with Gasteiger partial charge in [0.1, 0.15) is 5.76 Å². The first-order chi connectivity index (χ1) is 10.2. The van der Waals surface area contributed by atoms with Crippen LogP contribution in [0.15, 0.2) is 22.8 Å². The highest BCUT2D eigenvalue weighted by Crippen LogP contribution is 2.20. The Kier molecular flexibility index (Phi) is 4.24. The Bertz CT molecular complexity index is 496. The summed E-state index contributed by atoms with van der Waals surface area (Å²) in [6.45, 7) is 1.51. The Morgan fingerprint density at radius 1 is 1.33 bits per heavy atom. The molecule has 2 heterocycles. The fourth-order valence-electron chi connectivity index (χ4n) is 2.70. The number of hydrogen-bond donors (Lipinski definition) is 2. The van der Waals surface area contributed by atoms with E-state index in [1.165, 1.54) is 0 Å². The first-order valence-electron chi connectivity index (χ1n) is 7.56. The summed E-state index contributed by atoms with van der Waals surface area (Å²) < 4.78 is 5.20. The zero-order valence-electron chi connectivity index (χ0n) is 12.0. The predicted molar refractivity (Wildman–Crippen MR) is 76.3 cm³/mol. The molecular weight excluding hydrogens is 270 g/mol. The molecule has 1 aliphatic heterocycles. The van der Waals surface area contributed by atoms with Gasteiger partial charge in [0.2, 0.25) is 11.8 Å². The van der Waals surface area contributed by atoms with Crippen molar-refractivity contribution in [3.63, 3.8) is 0 Å². The topological polar surface area (TPSA) is 74.6 Å². The standard InChI is InChI=1S/C15H21N3O3/c19-14(17-11-5-6-11)10-18-7-1-4-13(18)15(20)16-9-12-3-2-8-21-12/h2-3,8,11,13H,1,4-7,9-10H2,(H,16,20)(H,17,19). The number of rotatable bonds is 6. The van der Waals surface area contributed by atoms with E-state index >= 15 is 0 Å². The summed E-state index contributed by atoms with van der Waals surface area (Å²) in [5.41, 5.74) is 0. The van der Waals surface area contributed by atoms with Gasteiger partial charge in [0.05, 0.1) is 25.4 Å². The molecule has 2 amide bonds. The van der Waals surface area contributed by atoms with Gasteiger partial charge in [-0.05, 0) is 44.4 Å². The highest BCUT2D eigenvalue weighted by atomic mass is 16.3. The monoisotopic (exact) mass is 291 g/mol. The minimum atomic E-state index is -0.204. The lowest BCUT2D eigenvalue weighted by Gasteiger charge is -2.22. The van der Waals surface area contributed by atoms with E-state index in [1.54, 1.807) is 12.3 Å². The summed E-state index contributed by atoms with van der Waals surface area (Å²) in [7, 11) is 0. The molecule has 0 aromatic carbocycles.